The van der Waals surface area contributed by atoms with E-state index in [1.807, 2.05) is 42.2 Å². The van der Waals surface area contributed by atoms with E-state index in [1.54, 1.807) is 48.8 Å². The predicted octanol–water partition coefficient (Wildman–Crippen LogP) is 3.64. The van der Waals surface area contributed by atoms with E-state index < -0.39 is 29.3 Å². The molecule has 1 saturated heterocycles. The summed E-state index contributed by atoms with van der Waals surface area (Å²) in [5.74, 6) is -1.27. The molecule has 174 valence electrons. The van der Waals surface area contributed by atoms with Crippen molar-refractivity contribution in [2.45, 2.75) is 24.9 Å². The van der Waals surface area contributed by atoms with Crippen LogP contribution in [0.3, 0.4) is 0 Å². The Hall–Kier alpha value is -4.44. The number of hydrogen-bond donors (Lipinski definition) is 1. The number of methoxy groups -OCH3 is 1. The molecule has 1 fully saturated rings. The number of carbonyl (C=O) groups is 2. The lowest BCUT2D eigenvalue weighted by molar-refractivity contribution is -0.125. The first-order chi connectivity index (χ1) is 16.9. The summed E-state index contributed by atoms with van der Waals surface area (Å²) in [6.45, 7) is 1.99. The average Bonchev–Trinajstić information content (AvgIpc) is 3.20. The molecule has 2 aliphatic heterocycles. The molecule has 7 heteroatoms. The number of nitrogens with zero attached hydrogens (tertiary/aromatic N) is 3. The molecule has 7 nitrogen and oxygen atoms in total. The number of hydrogen-bond acceptors (Lipinski definition) is 6. The monoisotopic (exact) mass is 464 g/mol. The third-order valence-corrected chi connectivity index (χ3v) is 7.07. The number of primary amides is 1. The van der Waals surface area contributed by atoms with E-state index in [4.69, 9.17) is 10.5 Å². The Morgan fingerprint density at radius 2 is 1.91 bits per heavy atom. The second kappa shape index (κ2) is 8.41. The number of Topliss-reactive ketones (excluding diaryl/α,β-unsaturated/α-hetero) is 1. The first kappa shape index (κ1) is 22.4. The molecule has 0 bridgehead atoms. The minimum Gasteiger partial charge on any atom is -0.497 e. The number of amides is 1. The summed E-state index contributed by atoms with van der Waals surface area (Å²) in [5.41, 5.74) is 8.15. The van der Waals surface area contributed by atoms with Crippen molar-refractivity contribution in [1.29, 1.82) is 5.26 Å². The van der Waals surface area contributed by atoms with Crippen molar-refractivity contribution in [3.63, 3.8) is 0 Å². The Kier molecular flexibility index (Phi) is 5.37. The van der Waals surface area contributed by atoms with Gasteiger partial charge in [0.05, 0.1) is 19.2 Å². The summed E-state index contributed by atoms with van der Waals surface area (Å²) in [6.07, 6.45) is 6.91. The van der Waals surface area contributed by atoms with Crippen LogP contribution < -0.4 is 15.4 Å². The largest absolute Gasteiger partial charge is 0.497 e. The van der Waals surface area contributed by atoms with Gasteiger partial charge in [-0.2, -0.15) is 5.26 Å². The maximum Gasteiger partial charge on any atom is 0.241 e. The third-order valence-electron chi connectivity index (χ3n) is 7.07. The molecule has 35 heavy (non-hydrogen) atoms. The van der Waals surface area contributed by atoms with Gasteiger partial charge < -0.3 is 15.4 Å². The van der Waals surface area contributed by atoms with Gasteiger partial charge in [0.15, 0.2) is 11.2 Å². The Morgan fingerprint density at radius 3 is 2.60 bits per heavy atom. The number of nitrogens with two attached hydrogens (primary N) is 1. The van der Waals surface area contributed by atoms with E-state index in [-0.39, 0.29) is 5.78 Å². The highest BCUT2D eigenvalue weighted by Crippen LogP contribution is 2.55. The second-order valence-corrected chi connectivity index (χ2v) is 8.92. The van der Waals surface area contributed by atoms with Crippen LogP contribution >= 0.6 is 0 Å². The van der Waals surface area contributed by atoms with Gasteiger partial charge >= 0.3 is 0 Å². The molecule has 2 aromatic carbocycles. The van der Waals surface area contributed by atoms with E-state index >= 15 is 0 Å². The lowest BCUT2D eigenvalue weighted by atomic mass is 9.67. The second-order valence-electron chi connectivity index (χ2n) is 8.92. The van der Waals surface area contributed by atoms with Crippen LogP contribution in [0.1, 0.15) is 33.0 Å². The van der Waals surface area contributed by atoms with Crippen LogP contribution in [0.4, 0.5) is 5.69 Å². The SMILES string of the molecule is COc1cccc(C(=O)[C@@H]2[C@H](c3ccncc3)[C@](C#N)(C(N)=O)[C@H]3C=Cc4cc(C)ccc4N23)c1. The maximum absolute atomic E-state index is 14.3. The zero-order chi connectivity index (χ0) is 24.7. The van der Waals surface area contributed by atoms with Crippen molar-refractivity contribution < 1.29 is 14.3 Å². The molecule has 4 atom stereocenters. The van der Waals surface area contributed by atoms with Gasteiger partial charge in [0.2, 0.25) is 5.91 Å². The number of ether oxygens (including phenoxy) is 1. The van der Waals surface area contributed by atoms with Crippen LogP contribution in [0.2, 0.25) is 0 Å². The number of anilines is 1. The fourth-order valence-electron chi connectivity index (χ4n) is 5.50. The number of carbonyl (C=O) groups excluding carboxylic acids is 2. The number of ketones is 1. The molecule has 0 saturated carbocycles. The first-order valence-electron chi connectivity index (χ1n) is 11.3. The number of rotatable bonds is 5. The van der Waals surface area contributed by atoms with Crippen LogP contribution in [0.5, 0.6) is 5.75 Å². The fraction of sp³-hybridized carbons (Fsp3) is 0.214. The maximum atomic E-state index is 14.3. The number of benzene rings is 2. The van der Waals surface area contributed by atoms with Crippen molar-refractivity contribution in [2.75, 3.05) is 12.0 Å². The Morgan fingerprint density at radius 1 is 1.14 bits per heavy atom. The quantitative estimate of drug-likeness (QED) is 0.578. The van der Waals surface area contributed by atoms with Crippen molar-refractivity contribution in [3.8, 4) is 11.8 Å². The minimum absolute atomic E-state index is 0.226. The van der Waals surface area contributed by atoms with Crippen LogP contribution in [0.25, 0.3) is 6.08 Å². The standard InChI is InChI=1S/C28H24N4O3/c1-17-6-8-22-19(14-17)7-9-23-28(16-29,27(30)34)24(18-10-12-31-13-11-18)25(32(22)23)26(33)20-4-3-5-21(15-20)35-2/h3-15,23-25H,1-2H3,(H2,30,34)/t23-,24+,25+,28-/m1/s1. The number of aryl methyl sites for hydroxylation is 1. The summed E-state index contributed by atoms with van der Waals surface area (Å²) < 4.78 is 5.34. The minimum atomic E-state index is -1.68. The van der Waals surface area contributed by atoms with Crippen molar-refractivity contribution in [1.82, 2.24) is 4.98 Å². The van der Waals surface area contributed by atoms with E-state index in [0.29, 0.717) is 16.9 Å². The molecule has 2 N–H and O–H groups in total. The van der Waals surface area contributed by atoms with Gasteiger partial charge in [-0.05, 0) is 54.4 Å². The first-order valence-corrected chi connectivity index (χ1v) is 11.3. The van der Waals surface area contributed by atoms with Crippen molar-refractivity contribution in [3.05, 3.63) is 95.3 Å². The molecular weight excluding hydrogens is 440 g/mol. The summed E-state index contributed by atoms with van der Waals surface area (Å²) in [5, 5.41) is 10.5. The Balaban J connectivity index is 1.80. The molecule has 1 amide bonds. The van der Waals surface area contributed by atoms with Crippen LogP contribution in [-0.2, 0) is 4.79 Å². The van der Waals surface area contributed by atoms with Crippen molar-refractivity contribution >= 4 is 23.5 Å². The summed E-state index contributed by atoms with van der Waals surface area (Å²) in [7, 11) is 1.54. The summed E-state index contributed by atoms with van der Waals surface area (Å²) in [4.78, 5) is 33.4. The molecule has 0 radical (unpaired) electrons. The van der Waals surface area contributed by atoms with Gasteiger partial charge in [-0.1, -0.05) is 35.9 Å². The number of aromatic nitrogens is 1. The van der Waals surface area contributed by atoms with Gasteiger partial charge in [-0.15, -0.1) is 0 Å². The lowest BCUT2D eigenvalue weighted by Gasteiger charge is -2.36. The van der Waals surface area contributed by atoms with E-state index in [0.717, 1.165) is 16.8 Å². The zero-order valence-electron chi connectivity index (χ0n) is 19.4. The van der Waals surface area contributed by atoms with Crippen LogP contribution in [0.15, 0.2) is 73.1 Å². The zero-order valence-corrected chi connectivity index (χ0v) is 19.4. The van der Waals surface area contributed by atoms with Gasteiger partial charge in [-0.25, -0.2) is 0 Å². The average molecular weight is 465 g/mol. The molecule has 0 aliphatic carbocycles. The fourth-order valence-corrected chi connectivity index (χ4v) is 5.50. The van der Waals surface area contributed by atoms with Crippen LogP contribution in [0, 0.1) is 23.7 Å². The molecule has 1 aromatic heterocycles. The number of pyridine rings is 1. The van der Waals surface area contributed by atoms with Gasteiger partial charge in [0.25, 0.3) is 0 Å². The highest BCUT2D eigenvalue weighted by atomic mass is 16.5. The van der Waals surface area contributed by atoms with E-state index in [9.17, 15) is 14.9 Å². The third kappa shape index (κ3) is 3.29. The summed E-state index contributed by atoms with van der Waals surface area (Å²) >= 11 is 0. The topological polar surface area (TPSA) is 109 Å². The van der Waals surface area contributed by atoms with Gasteiger partial charge in [-0.3, -0.25) is 14.6 Å². The van der Waals surface area contributed by atoms with Crippen LogP contribution in [-0.4, -0.2) is 35.9 Å². The molecule has 3 aromatic rings. The smallest absolute Gasteiger partial charge is 0.241 e. The summed E-state index contributed by atoms with van der Waals surface area (Å²) in [6, 6.07) is 17.0. The highest BCUT2D eigenvalue weighted by Gasteiger charge is 2.65. The van der Waals surface area contributed by atoms with Gasteiger partial charge in [0.1, 0.15) is 11.8 Å². The van der Waals surface area contributed by atoms with E-state index in [2.05, 4.69) is 11.1 Å². The Labute approximate surface area is 203 Å². The number of fused-ring (bicyclic) bond motifs is 3. The predicted molar refractivity (Wildman–Crippen MR) is 132 cm³/mol. The molecule has 0 spiro atoms. The normalized spacial score (nSPS) is 24.3. The number of nitriles is 1. The molecule has 2 aliphatic rings. The highest BCUT2D eigenvalue weighted by molar-refractivity contribution is 6.06. The molecular formula is C28H24N4O3. The van der Waals surface area contributed by atoms with E-state index in [1.165, 1.54) is 7.11 Å². The van der Waals surface area contributed by atoms with Crippen molar-refractivity contribution in [2.24, 2.45) is 11.1 Å². The Bertz CT molecular complexity index is 1390. The molecule has 5 rings (SSSR count). The molecule has 3 heterocycles. The van der Waals surface area contributed by atoms with Gasteiger partial charge in [0, 0.05) is 29.6 Å². The lowest BCUT2D eigenvalue weighted by Crippen LogP contribution is -2.49. The molecule has 0 unspecified atom stereocenters.